The number of anilines is 1. The molecule has 0 aliphatic carbocycles. The summed E-state index contributed by atoms with van der Waals surface area (Å²) in [6, 6.07) is 3.76. The topological polar surface area (TPSA) is 50.7 Å². The molecule has 0 aliphatic heterocycles. The second-order valence-corrected chi connectivity index (χ2v) is 4.05. The lowest BCUT2D eigenvalue weighted by Crippen LogP contribution is -2.07. The Bertz CT molecular complexity index is 552. The molecule has 0 amide bonds. The maximum Gasteiger partial charge on any atom is 0.186 e. The second kappa shape index (κ2) is 5.08. The zero-order valence-electron chi connectivity index (χ0n) is 10.7. The molecule has 5 heteroatoms. The van der Waals surface area contributed by atoms with E-state index in [4.69, 9.17) is 0 Å². The summed E-state index contributed by atoms with van der Waals surface area (Å²) in [5, 5.41) is 2.88. The van der Waals surface area contributed by atoms with Crippen LogP contribution in [0.15, 0.2) is 18.3 Å². The molecule has 94 valence electrons. The van der Waals surface area contributed by atoms with E-state index in [1.54, 1.807) is 13.1 Å². The Morgan fingerprint density at radius 3 is 2.61 bits per heavy atom. The van der Waals surface area contributed by atoms with E-state index >= 15 is 0 Å². The lowest BCUT2D eigenvalue weighted by molar-refractivity contribution is 0.606. The van der Waals surface area contributed by atoms with Crippen molar-refractivity contribution in [1.82, 2.24) is 15.0 Å². The van der Waals surface area contributed by atoms with Gasteiger partial charge in [-0.2, -0.15) is 0 Å². The van der Waals surface area contributed by atoms with Gasteiger partial charge >= 0.3 is 0 Å². The van der Waals surface area contributed by atoms with Gasteiger partial charge in [-0.15, -0.1) is 0 Å². The predicted molar refractivity (Wildman–Crippen MR) is 68.9 cm³/mol. The van der Waals surface area contributed by atoms with Crippen LogP contribution in [0.5, 0.6) is 0 Å². The Hall–Kier alpha value is -2.04. The van der Waals surface area contributed by atoms with Crippen molar-refractivity contribution < 1.29 is 4.39 Å². The molecule has 1 N–H and O–H groups in total. The summed E-state index contributed by atoms with van der Waals surface area (Å²) in [6.07, 6.45) is 1.74. The van der Waals surface area contributed by atoms with Gasteiger partial charge in [0.1, 0.15) is 5.69 Å². The molecule has 0 atom stereocenters. The second-order valence-electron chi connectivity index (χ2n) is 4.05. The van der Waals surface area contributed by atoms with Crippen LogP contribution in [0, 0.1) is 19.7 Å². The molecule has 0 aromatic carbocycles. The number of aryl methyl sites for hydroxylation is 2. The minimum atomic E-state index is -0.410. The largest absolute Gasteiger partial charge is 0.368 e. The SMILES string of the molecule is CCNc1nc(-c2ccc(C)cn2)nc(C)c1F. The van der Waals surface area contributed by atoms with Crippen LogP contribution in [-0.2, 0) is 0 Å². The van der Waals surface area contributed by atoms with Gasteiger partial charge in [-0.05, 0) is 32.4 Å². The highest BCUT2D eigenvalue weighted by atomic mass is 19.1. The summed E-state index contributed by atoms with van der Waals surface area (Å²) in [7, 11) is 0. The van der Waals surface area contributed by atoms with Crippen LogP contribution in [0.25, 0.3) is 11.5 Å². The third-order valence-electron chi connectivity index (χ3n) is 2.50. The van der Waals surface area contributed by atoms with E-state index in [0.717, 1.165) is 5.56 Å². The van der Waals surface area contributed by atoms with Gasteiger partial charge in [-0.3, -0.25) is 4.98 Å². The molecule has 0 saturated carbocycles. The van der Waals surface area contributed by atoms with Crippen LogP contribution >= 0.6 is 0 Å². The molecule has 0 fully saturated rings. The van der Waals surface area contributed by atoms with Crippen LogP contribution in [-0.4, -0.2) is 21.5 Å². The Morgan fingerprint density at radius 1 is 1.22 bits per heavy atom. The molecular formula is C13H15FN4. The Labute approximate surface area is 105 Å². The number of nitrogens with one attached hydrogen (secondary N) is 1. The van der Waals surface area contributed by atoms with Crippen LogP contribution in [0.1, 0.15) is 18.2 Å². The first-order valence-corrected chi connectivity index (χ1v) is 5.83. The summed E-state index contributed by atoms with van der Waals surface area (Å²) >= 11 is 0. The summed E-state index contributed by atoms with van der Waals surface area (Å²) in [6.45, 7) is 6.07. The number of nitrogens with zero attached hydrogens (tertiary/aromatic N) is 3. The van der Waals surface area contributed by atoms with E-state index in [0.29, 0.717) is 23.8 Å². The molecule has 2 aromatic rings. The van der Waals surface area contributed by atoms with E-state index in [1.165, 1.54) is 0 Å². The predicted octanol–water partition coefficient (Wildman–Crippen LogP) is 2.73. The van der Waals surface area contributed by atoms with Crippen molar-refractivity contribution in [2.24, 2.45) is 0 Å². The molecule has 0 spiro atoms. The van der Waals surface area contributed by atoms with Crippen molar-refractivity contribution in [3.63, 3.8) is 0 Å². The Kier molecular flexibility index (Phi) is 3.50. The van der Waals surface area contributed by atoms with Crippen molar-refractivity contribution in [2.75, 3.05) is 11.9 Å². The third-order valence-corrected chi connectivity index (χ3v) is 2.50. The molecule has 0 radical (unpaired) electrons. The average Bonchev–Trinajstić information content (AvgIpc) is 2.36. The Morgan fingerprint density at radius 2 is 2.00 bits per heavy atom. The van der Waals surface area contributed by atoms with Crippen LogP contribution in [0.3, 0.4) is 0 Å². The van der Waals surface area contributed by atoms with Gasteiger partial charge in [0, 0.05) is 12.7 Å². The maximum absolute atomic E-state index is 13.7. The van der Waals surface area contributed by atoms with E-state index in [1.807, 2.05) is 26.0 Å². The maximum atomic E-state index is 13.7. The fourth-order valence-corrected chi connectivity index (χ4v) is 1.56. The monoisotopic (exact) mass is 246 g/mol. The van der Waals surface area contributed by atoms with Gasteiger partial charge < -0.3 is 5.32 Å². The molecule has 0 bridgehead atoms. The lowest BCUT2D eigenvalue weighted by Gasteiger charge is -2.08. The van der Waals surface area contributed by atoms with Crippen molar-refractivity contribution in [2.45, 2.75) is 20.8 Å². The van der Waals surface area contributed by atoms with Gasteiger partial charge in [-0.25, -0.2) is 14.4 Å². The molecule has 2 aromatic heterocycles. The van der Waals surface area contributed by atoms with E-state index in [2.05, 4.69) is 20.3 Å². The van der Waals surface area contributed by atoms with E-state index in [-0.39, 0.29) is 5.82 Å². The van der Waals surface area contributed by atoms with Gasteiger partial charge in [0.25, 0.3) is 0 Å². The highest BCUT2D eigenvalue weighted by Gasteiger charge is 2.12. The number of hydrogen-bond acceptors (Lipinski definition) is 4. The first kappa shape index (κ1) is 12.4. The highest BCUT2D eigenvalue weighted by molar-refractivity contribution is 5.53. The van der Waals surface area contributed by atoms with Crippen LogP contribution in [0.2, 0.25) is 0 Å². The smallest absolute Gasteiger partial charge is 0.186 e. The number of hydrogen-bond donors (Lipinski definition) is 1. The summed E-state index contributed by atoms with van der Waals surface area (Å²) < 4.78 is 13.7. The molecule has 4 nitrogen and oxygen atoms in total. The molecule has 18 heavy (non-hydrogen) atoms. The third kappa shape index (κ3) is 2.45. The van der Waals surface area contributed by atoms with Gasteiger partial charge in [-0.1, -0.05) is 6.07 Å². The average molecular weight is 246 g/mol. The standard InChI is InChI=1S/C13H15FN4/c1-4-15-13-11(14)9(3)17-12(18-13)10-6-5-8(2)7-16-10/h5-7H,4H2,1-3H3,(H,15,17,18). The minimum absolute atomic E-state index is 0.224. The quantitative estimate of drug-likeness (QED) is 0.904. The molecule has 2 heterocycles. The number of halogens is 1. The summed E-state index contributed by atoms with van der Waals surface area (Å²) in [4.78, 5) is 12.5. The van der Waals surface area contributed by atoms with Crippen molar-refractivity contribution >= 4 is 5.82 Å². The molecule has 0 unspecified atom stereocenters. The molecular weight excluding hydrogens is 231 g/mol. The van der Waals surface area contributed by atoms with Gasteiger partial charge in [0.2, 0.25) is 0 Å². The van der Waals surface area contributed by atoms with Crippen LogP contribution < -0.4 is 5.32 Å². The minimum Gasteiger partial charge on any atom is -0.368 e. The zero-order chi connectivity index (χ0) is 13.1. The zero-order valence-corrected chi connectivity index (χ0v) is 10.7. The number of rotatable bonds is 3. The van der Waals surface area contributed by atoms with Crippen molar-refractivity contribution in [1.29, 1.82) is 0 Å². The van der Waals surface area contributed by atoms with Crippen LogP contribution in [0.4, 0.5) is 10.2 Å². The van der Waals surface area contributed by atoms with E-state index < -0.39 is 5.82 Å². The molecule has 2 rings (SSSR count). The van der Waals surface area contributed by atoms with Crippen molar-refractivity contribution in [3.8, 4) is 11.5 Å². The summed E-state index contributed by atoms with van der Waals surface area (Å²) in [5.74, 6) is 0.250. The number of aromatic nitrogens is 3. The van der Waals surface area contributed by atoms with Gasteiger partial charge in [0.05, 0.1) is 5.69 Å². The first-order chi connectivity index (χ1) is 8.61. The fourth-order valence-electron chi connectivity index (χ4n) is 1.56. The normalized spacial score (nSPS) is 10.4. The summed E-state index contributed by atoms with van der Waals surface area (Å²) in [5.41, 5.74) is 2.02. The fraction of sp³-hybridized carbons (Fsp3) is 0.308. The number of pyridine rings is 1. The Balaban J connectivity index is 2.48. The lowest BCUT2D eigenvalue weighted by atomic mass is 10.2. The van der Waals surface area contributed by atoms with Gasteiger partial charge in [0.15, 0.2) is 17.5 Å². The first-order valence-electron chi connectivity index (χ1n) is 5.83. The van der Waals surface area contributed by atoms with E-state index in [9.17, 15) is 4.39 Å². The molecule has 0 aliphatic rings. The van der Waals surface area contributed by atoms with Crippen molar-refractivity contribution in [3.05, 3.63) is 35.4 Å². The highest BCUT2D eigenvalue weighted by Crippen LogP contribution is 2.19. The molecule has 0 saturated heterocycles.